The van der Waals surface area contributed by atoms with Gasteiger partial charge in [0.1, 0.15) is 5.60 Å². The van der Waals surface area contributed by atoms with Gasteiger partial charge in [-0.25, -0.2) is 4.79 Å². The van der Waals surface area contributed by atoms with Crippen molar-refractivity contribution in [3.8, 4) is 0 Å². The highest BCUT2D eigenvalue weighted by atomic mass is 19.4. The van der Waals surface area contributed by atoms with Gasteiger partial charge in [-0.05, 0) is 56.8 Å². The number of rotatable bonds is 2. The van der Waals surface area contributed by atoms with Gasteiger partial charge in [-0.3, -0.25) is 0 Å². The SMILES string of the molecule is C=C(C)C(=O)OC12CC3CC(C1)C1(CC(O)(C(F)(F)F)OCO1)C(C3)C2. The predicted molar refractivity (Wildman–Crippen MR) is 82.6 cm³/mol. The van der Waals surface area contributed by atoms with Crippen LogP contribution >= 0.6 is 0 Å². The normalized spacial score (nSPS) is 47.2. The predicted octanol–water partition coefficient (Wildman–Crippen LogP) is 3.07. The molecule has 146 valence electrons. The fraction of sp³-hybridized carbons (Fsp3) is 0.833. The second-order valence-corrected chi connectivity index (χ2v) is 8.52. The van der Waals surface area contributed by atoms with Crippen molar-refractivity contribution in [1.29, 1.82) is 0 Å². The van der Waals surface area contributed by atoms with Gasteiger partial charge in [0.25, 0.3) is 5.79 Å². The zero-order chi connectivity index (χ0) is 19.0. The Balaban J connectivity index is 1.62. The molecule has 3 unspecified atom stereocenters. The molecule has 0 radical (unpaired) electrons. The van der Waals surface area contributed by atoms with E-state index in [-0.39, 0.29) is 11.8 Å². The third kappa shape index (κ3) is 2.52. The van der Waals surface area contributed by atoms with E-state index in [0.717, 1.165) is 19.3 Å². The largest absolute Gasteiger partial charge is 0.456 e. The van der Waals surface area contributed by atoms with Crippen molar-refractivity contribution < 1.29 is 37.3 Å². The highest BCUT2D eigenvalue weighted by Crippen LogP contribution is 2.65. The van der Waals surface area contributed by atoms with Crippen LogP contribution in [0.1, 0.15) is 45.4 Å². The molecule has 4 aliphatic carbocycles. The van der Waals surface area contributed by atoms with Crippen molar-refractivity contribution in [2.24, 2.45) is 17.8 Å². The second-order valence-electron chi connectivity index (χ2n) is 8.52. The standard InChI is InChI=1S/C18H23F3O5/c1-10(2)14(22)26-15-5-11-3-12(6-15)16(13(4-11)7-15)8-17(23,18(19,20)21)25-9-24-16/h11-13,23H,1,3-9H2,2H3. The number of hydrogen-bond donors (Lipinski definition) is 1. The minimum atomic E-state index is -4.89. The Labute approximate surface area is 149 Å². The lowest BCUT2D eigenvalue weighted by molar-refractivity contribution is -0.444. The Morgan fingerprint density at radius 1 is 1.19 bits per heavy atom. The van der Waals surface area contributed by atoms with Crippen LogP contribution in [-0.4, -0.2) is 41.0 Å². The Morgan fingerprint density at radius 2 is 1.81 bits per heavy atom. The van der Waals surface area contributed by atoms with Crippen LogP contribution < -0.4 is 0 Å². The Bertz CT molecular complexity index is 629. The summed E-state index contributed by atoms with van der Waals surface area (Å²) in [5.74, 6) is -3.77. The molecule has 1 heterocycles. The Hall–Kier alpha value is -1.12. The molecule has 4 saturated carbocycles. The maximum atomic E-state index is 13.4. The summed E-state index contributed by atoms with van der Waals surface area (Å²) in [5, 5.41) is 10.1. The quantitative estimate of drug-likeness (QED) is 0.593. The van der Waals surface area contributed by atoms with Gasteiger partial charge in [-0.1, -0.05) is 6.58 Å². The van der Waals surface area contributed by atoms with E-state index in [0.29, 0.717) is 24.3 Å². The van der Waals surface area contributed by atoms with Crippen LogP contribution in [-0.2, 0) is 19.0 Å². The highest BCUT2D eigenvalue weighted by molar-refractivity contribution is 5.87. The number of ether oxygens (including phenoxy) is 3. The summed E-state index contributed by atoms with van der Waals surface area (Å²) >= 11 is 0. The topological polar surface area (TPSA) is 65.0 Å². The molecule has 5 aliphatic rings. The molecule has 0 amide bonds. The fourth-order valence-corrected chi connectivity index (χ4v) is 5.81. The molecule has 1 spiro atoms. The molecule has 0 aromatic heterocycles. The van der Waals surface area contributed by atoms with Gasteiger partial charge in [0.15, 0.2) is 6.79 Å². The van der Waals surface area contributed by atoms with Crippen LogP contribution in [0.25, 0.3) is 0 Å². The molecule has 0 aromatic rings. The van der Waals surface area contributed by atoms with E-state index < -0.39 is 42.3 Å². The average Bonchev–Trinajstić information content (AvgIpc) is 2.50. The number of aliphatic hydroxyl groups is 1. The third-order valence-electron chi connectivity index (χ3n) is 6.76. The van der Waals surface area contributed by atoms with E-state index in [4.69, 9.17) is 9.47 Å². The lowest BCUT2D eigenvalue weighted by Crippen LogP contribution is -2.70. The van der Waals surface area contributed by atoms with Crippen molar-refractivity contribution in [3.05, 3.63) is 12.2 Å². The van der Waals surface area contributed by atoms with Gasteiger partial charge < -0.3 is 19.3 Å². The molecule has 3 atom stereocenters. The molecule has 5 rings (SSSR count). The minimum absolute atomic E-state index is 0.204. The number of halogens is 3. The van der Waals surface area contributed by atoms with Crippen LogP contribution in [0.2, 0.25) is 0 Å². The van der Waals surface area contributed by atoms with E-state index in [2.05, 4.69) is 11.3 Å². The highest BCUT2D eigenvalue weighted by Gasteiger charge is 2.70. The molecular weight excluding hydrogens is 353 g/mol. The Morgan fingerprint density at radius 3 is 2.35 bits per heavy atom. The van der Waals surface area contributed by atoms with Crippen LogP contribution in [0.3, 0.4) is 0 Å². The fourth-order valence-electron chi connectivity index (χ4n) is 5.81. The molecule has 8 heteroatoms. The summed E-state index contributed by atoms with van der Waals surface area (Å²) in [7, 11) is 0. The molecule has 1 aliphatic heterocycles. The van der Waals surface area contributed by atoms with Gasteiger partial charge in [-0.15, -0.1) is 0 Å². The van der Waals surface area contributed by atoms with Gasteiger partial charge in [-0.2, -0.15) is 13.2 Å². The van der Waals surface area contributed by atoms with E-state index in [1.54, 1.807) is 6.92 Å². The first-order valence-corrected chi connectivity index (χ1v) is 8.94. The monoisotopic (exact) mass is 376 g/mol. The molecule has 5 fully saturated rings. The lowest BCUT2D eigenvalue weighted by Gasteiger charge is -2.65. The Kier molecular flexibility index (Phi) is 3.83. The van der Waals surface area contributed by atoms with Crippen LogP contribution in [0.4, 0.5) is 13.2 Å². The maximum absolute atomic E-state index is 13.4. The van der Waals surface area contributed by atoms with Crippen LogP contribution in [0.5, 0.6) is 0 Å². The first-order valence-electron chi connectivity index (χ1n) is 8.94. The molecule has 5 nitrogen and oxygen atoms in total. The van der Waals surface area contributed by atoms with Crippen molar-refractivity contribution in [3.63, 3.8) is 0 Å². The second kappa shape index (κ2) is 5.45. The molecule has 1 N–H and O–H groups in total. The number of alkyl halides is 3. The summed E-state index contributed by atoms with van der Waals surface area (Å²) < 4.78 is 56.2. The first-order chi connectivity index (χ1) is 12.0. The van der Waals surface area contributed by atoms with Crippen LogP contribution in [0, 0.1) is 17.8 Å². The zero-order valence-corrected chi connectivity index (χ0v) is 14.6. The van der Waals surface area contributed by atoms with Crippen molar-refractivity contribution in [2.75, 3.05) is 6.79 Å². The molecular formula is C18H23F3O5. The van der Waals surface area contributed by atoms with Gasteiger partial charge in [0, 0.05) is 12.0 Å². The van der Waals surface area contributed by atoms with E-state index in [9.17, 15) is 23.1 Å². The summed E-state index contributed by atoms with van der Waals surface area (Å²) in [6.45, 7) is 4.60. The minimum Gasteiger partial charge on any atom is -0.456 e. The molecule has 4 bridgehead atoms. The summed E-state index contributed by atoms with van der Waals surface area (Å²) in [6, 6.07) is 0. The number of hydrogen-bond acceptors (Lipinski definition) is 5. The summed E-state index contributed by atoms with van der Waals surface area (Å²) in [5.41, 5.74) is -1.43. The van der Waals surface area contributed by atoms with Gasteiger partial charge in [0.05, 0.1) is 5.60 Å². The maximum Gasteiger partial charge on any atom is 0.443 e. The third-order valence-corrected chi connectivity index (χ3v) is 6.76. The summed E-state index contributed by atoms with van der Waals surface area (Å²) in [4.78, 5) is 12.1. The average molecular weight is 376 g/mol. The zero-order valence-electron chi connectivity index (χ0n) is 14.6. The first kappa shape index (κ1) is 18.3. The van der Waals surface area contributed by atoms with Crippen LogP contribution in [0.15, 0.2) is 12.2 Å². The van der Waals surface area contributed by atoms with E-state index in [1.165, 1.54) is 0 Å². The van der Waals surface area contributed by atoms with Crippen molar-refractivity contribution in [2.45, 2.75) is 68.6 Å². The van der Waals surface area contributed by atoms with Crippen molar-refractivity contribution >= 4 is 5.97 Å². The van der Waals surface area contributed by atoms with E-state index >= 15 is 0 Å². The molecule has 0 aromatic carbocycles. The smallest absolute Gasteiger partial charge is 0.443 e. The van der Waals surface area contributed by atoms with Gasteiger partial charge in [0.2, 0.25) is 0 Å². The number of carbonyl (C=O) groups is 1. The molecule has 1 saturated heterocycles. The molecule has 26 heavy (non-hydrogen) atoms. The summed E-state index contributed by atoms with van der Waals surface area (Å²) in [6.07, 6.45) is -2.44. The number of esters is 1. The number of carbonyl (C=O) groups excluding carboxylic acids is 1. The van der Waals surface area contributed by atoms with E-state index in [1.807, 2.05) is 0 Å². The van der Waals surface area contributed by atoms with Gasteiger partial charge >= 0.3 is 12.1 Å². The van der Waals surface area contributed by atoms with Crippen molar-refractivity contribution in [1.82, 2.24) is 0 Å². The lowest BCUT2D eigenvalue weighted by atomic mass is 9.47.